The lowest BCUT2D eigenvalue weighted by atomic mass is 10.1. The zero-order chi connectivity index (χ0) is 19.8. The van der Waals surface area contributed by atoms with Gasteiger partial charge < -0.3 is 27.9 Å². The minimum atomic E-state index is -0.439. The Hall–Kier alpha value is -2.97. The molecule has 0 aliphatic carbocycles. The van der Waals surface area contributed by atoms with Gasteiger partial charge >= 0.3 is 0 Å². The molecule has 0 radical (unpaired) electrons. The number of benzene rings is 2. The predicted octanol–water partition coefficient (Wildman–Crippen LogP) is 1.61. The van der Waals surface area contributed by atoms with E-state index >= 15 is 0 Å². The van der Waals surface area contributed by atoms with Crippen LogP contribution < -0.4 is 27.9 Å². The average Bonchev–Trinajstić information content (AvgIpc) is 2.66. The molecule has 0 saturated heterocycles. The molecule has 0 unspecified atom stereocenters. The molecule has 2 rings (SSSR count). The molecule has 148 valence electrons. The van der Waals surface area contributed by atoms with Crippen LogP contribution in [0, 0.1) is 25.2 Å². The molecule has 0 bridgehead atoms. The van der Waals surface area contributed by atoms with Gasteiger partial charge in [0.05, 0.1) is 0 Å². The molecular formula is C22H26ClN4O-. The van der Waals surface area contributed by atoms with Gasteiger partial charge in [0.1, 0.15) is 11.6 Å². The van der Waals surface area contributed by atoms with Crippen molar-refractivity contribution in [1.82, 2.24) is 0 Å². The van der Waals surface area contributed by atoms with Crippen LogP contribution in [0.4, 0.5) is 17.1 Å². The zero-order valence-corrected chi connectivity index (χ0v) is 17.5. The predicted molar refractivity (Wildman–Crippen MR) is 112 cm³/mol. The second-order valence-corrected chi connectivity index (χ2v) is 6.31. The van der Waals surface area contributed by atoms with Gasteiger partial charge in [-0.1, -0.05) is 17.7 Å². The second kappa shape index (κ2) is 11.0. The fourth-order valence-corrected chi connectivity index (χ4v) is 2.73. The SMILES string of the molecule is CCN(CC)c1ccc(N/C=C(/C#N)C(=O)Nc2ccc(C)cc2)c(C)c1.[Cl-]. The van der Waals surface area contributed by atoms with Crippen LogP contribution in [0.3, 0.4) is 0 Å². The molecule has 0 heterocycles. The number of amides is 1. The molecular weight excluding hydrogens is 372 g/mol. The van der Waals surface area contributed by atoms with Crippen LogP contribution in [0.1, 0.15) is 25.0 Å². The molecule has 0 saturated carbocycles. The molecule has 6 heteroatoms. The second-order valence-electron chi connectivity index (χ2n) is 6.31. The van der Waals surface area contributed by atoms with Gasteiger partial charge in [-0.3, -0.25) is 4.79 Å². The van der Waals surface area contributed by atoms with E-state index in [1.807, 2.05) is 56.3 Å². The summed E-state index contributed by atoms with van der Waals surface area (Å²) < 4.78 is 0. The summed E-state index contributed by atoms with van der Waals surface area (Å²) in [6.07, 6.45) is 1.45. The highest BCUT2D eigenvalue weighted by molar-refractivity contribution is 6.06. The van der Waals surface area contributed by atoms with Crippen LogP contribution in [-0.4, -0.2) is 19.0 Å². The molecule has 1 amide bonds. The lowest BCUT2D eigenvalue weighted by molar-refractivity contribution is -0.112. The number of carbonyl (C=O) groups excluding carboxylic acids is 1. The molecule has 0 aliphatic rings. The molecule has 28 heavy (non-hydrogen) atoms. The normalized spacial score (nSPS) is 10.5. The maximum Gasteiger partial charge on any atom is 0.267 e. The molecule has 0 spiro atoms. The Bertz CT molecular complexity index is 865. The quantitative estimate of drug-likeness (QED) is 0.550. The first-order chi connectivity index (χ1) is 13.0. The number of aryl methyl sites for hydroxylation is 2. The van der Waals surface area contributed by atoms with Crippen molar-refractivity contribution in [1.29, 1.82) is 5.26 Å². The van der Waals surface area contributed by atoms with Crippen LogP contribution >= 0.6 is 0 Å². The van der Waals surface area contributed by atoms with Gasteiger partial charge in [0.15, 0.2) is 0 Å². The molecule has 2 aromatic rings. The van der Waals surface area contributed by atoms with Crippen molar-refractivity contribution < 1.29 is 17.2 Å². The van der Waals surface area contributed by atoms with E-state index in [0.29, 0.717) is 5.69 Å². The smallest absolute Gasteiger partial charge is 0.267 e. The summed E-state index contributed by atoms with van der Waals surface area (Å²) in [4.78, 5) is 14.6. The Morgan fingerprint density at radius 1 is 1.11 bits per heavy atom. The fourth-order valence-electron chi connectivity index (χ4n) is 2.73. The number of carbonyl (C=O) groups is 1. The Labute approximate surface area is 173 Å². The highest BCUT2D eigenvalue weighted by Gasteiger charge is 2.10. The van der Waals surface area contributed by atoms with E-state index in [1.165, 1.54) is 6.20 Å². The van der Waals surface area contributed by atoms with E-state index in [4.69, 9.17) is 0 Å². The highest BCUT2D eigenvalue weighted by Crippen LogP contribution is 2.23. The van der Waals surface area contributed by atoms with Crippen LogP contribution in [0.5, 0.6) is 0 Å². The zero-order valence-electron chi connectivity index (χ0n) is 16.7. The fraction of sp³-hybridized carbons (Fsp3) is 0.273. The van der Waals surface area contributed by atoms with E-state index in [1.54, 1.807) is 0 Å². The monoisotopic (exact) mass is 397 g/mol. The van der Waals surface area contributed by atoms with Gasteiger partial charge in [-0.2, -0.15) is 5.26 Å². The van der Waals surface area contributed by atoms with Crippen molar-refractivity contribution in [2.75, 3.05) is 28.6 Å². The number of hydrogen-bond acceptors (Lipinski definition) is 4. The van der Waals surface area contributed by atoms with E-state index in [2.05, 4.69) is 35.4 Å². The number of anilines is 3. The maximum absolute atomic E-state index is 12.3. The maximum atomic E-state index is 12.3. The third-order valence-corrected chi connectivity index (χ3v) is 4.39. The van der Waals surface area contributed by atoms with E-state index in [-0.39, 0.29) is 18.0 Å². The number of rotatable bonds is 7. The Morgan fingerprint density at radius 3 is 2.29 bits per heavy atom. The van der Waals surface area contributed by atoms with Crippen molar-refractivity contribution in [3.05, 3.63) is 65.4 Å². The number of nitrogens with one attached hydrogen (secondary N) is 2. The molecule has 0 aromatic heterocycles. The van der Waals surface area contributed by atoms with Gasteiger partial charge in [0, 0.05) is 36.4 Å². The number of halogens is 1. The Balaban J connectivity index is 0.00000392. The van der Waals surface area contributed by atoms with Crippen LogP contribution in [0.15, 0.2) is 54.2 Å². The van der Waals surface area contributed by atoms with Crippen LogP contribution in [0.25, 0.3) is 0 Å². The number of nitrogens with zero attached hydrogens (tertiary/aromatic N) is 2. The van der Waals surface area contributed by atoms with Gasteiger partial charge in [-0.05, 0) is 63.6 Å². The summed E-state index contributed by atoms with van der Waals surface area (Å²) in [5, 5.41) is 15.1. The Kier molecular flexibility index (Phi) is 9.07. The molecule has 0 atom stereocenters. The van der Waals surface area contributed by atoms with Crippen LogP contribution in [0.2, 0.25) is 0 Å². The molecule has 5 nitrogen and oxygen atoms in total. The van der Waals surface area contributed by atoms with Gasteiger partial charge in [0.25, 0.3) is 5.91 Å². The molecule has 2 N–H and O–H groups in total. The third kappa shape index (κ3) is 6.04. The summed E-state index contributed by atoms with van der Waals surface area (Å²) in [5.41, 5.74) is 4.85. The summed E-state index contributed by atoms with van der Waals surface area (Å²) in [5.74, 6) is -0.439. The largest absolute Gasteiger partial charge is 1.00 e. The van der Waals surface area contributed by atoms with Gasteiger partial charge in [-0.25, -0.2) is 0 Å². The average molecular weight is 398 g/mol. The first-order valence-electron chi connectivity index (χ1n) is 9.08. The van der Waals surface area contributed by atoms with Crippen molar-refractivity contribution in [3.63, 3.8) is 0 Å². The van der Waals surface area contributed by atoms with Crippen LogP contribution in [-0.2, 0) is 4.79 Å². The third-order valence-electron chi connectivity index (χ3n) is 4.39. The van der Waals surface area contributed by atoms with E-state index < -0.39 is 5.91 Å². The lowest BCUT2D eigenvalue weighted by Crippen LogP contribution is -3.00. The molecule has 0 aliphatic heterocycles. The van der Waals surface area contributed by atoms with Crippen molar-refractivity contribution in [2.45, 2.75) is 27.7 Å². The topological polar surface area (TPSA) is 68.2 Å². The highest BCUT2D eigenvalue weighted by atomic mass is 35.5. The number of nitriles is 1. The van der Waals surface area contributed by atoms with E-state index in [9.17, 15) is 10.1 Å². The minimum absolute atomic E-state index is 0. The van der Waals surface area contributed by atoms with Crippen molar-refractivity contribution >= 4 is 23.0 Å². The summed E-state index contributed by atoms with van der Waals surface area (Å²) in [6, 6.07) is 15.5. The standard InChI is InChI=1S/C22H26N4O.ClH/c1-5-26(6-2)20-11-12-21(17(4)13-20)24-15-18(14-23)22(27)25-19-9-7-16(3)8-10-19;/h7-13,15,24H,5-6H2,1-4H3,(H,25,27);1H/p-1/b18-15-;. The van der Waals surface area contributed by atoms with Crippen molar-refractivity contribution in [2.24, 2.45) is 0 Å². The van der Waals surface area contributed by atoms with Gasteiger partial charge in [-0.15, -0.1) is 0 Å². The van der Waals surface area contributed by atoms with E-state index in [0.717, 1.165) is 35.6 Å². The minimum Gasteiger partial charge on any atom is -1.00 e. The number of hydrogen-bond donors (Lipinski definition) is 2. The van der Waals surface area contributed by atoms with Crippen molar-refractivity contribution in [3.8, 4) is 6.07 Å². The molecule has 2 aromatic carbocycles. The Morgan fingerprint density at radius 2 is 1.75 bits per heavy atom. The summed E-state index contributed by atoms with van der Waals surface area (Å²) in [7, 11) is 0. The first kappa shape index (κ1) is 23.1. The summed E-state index contributed by atoms with van der Waals surface area (Å²) >= 11 is 0. The van der Waals surface area contributed by atoms with Gasteiger partial charge in [0.2, 0.25) is 0 Å². The lowest BCUT2D eigenvalue weighted by Gasteiger charge is -2.22. The summed E-state index contributed by atoms with van der Waals surface area (Å²) in [6.45, 7) is 10.1. The first-order valence-corrected chi connectivity index (χ1v) is 9.08. The molecule has 0 fully saturated rings.